The quantitative estimate of drug-likeness (QED) is 0.639. The maximum absolute atomic E-state index is 4.71. The van der Waals surface area contributed by atoms with Crippen molar-refractivity contribution in [2.24, 2.45) is 0 Å². The molecule has 2 heterocycles. The van der Waals surface area contributed by atoms with Gasteiger partial charge in [0.05, 0.1) is 10.7 Å². The molecule has 0 aliphatic heterocycles. The smallest absolute Gasteiger partial charge is 0.0984 e. The van der Waals surface area contributed by atoms with Crippen molar-refractivity contribution in [3.05, 3.63) is 61.5 Å². The van der Waals surface area contributed by atoms with Crippen molar-refractivity contribution in [2.45, 2.75) is 6.42 Å². The van der Waals surface area contributed by atoms with E-state index >= 15 is 0 Å². The van der Waals surface area contributed by atoms with Gasteiger partial charge in [0, 0.05) is 26.7 Å². The Labute approximate surface area is 122 Å². The third-order valence-corrected chi connectivity index (χ3v) is 5.02. The largest absolute Gasteiger partial charge is 0.241 e. The summed E-state index contributed by atoms with van der Waals surface area (Å²) in [5, 5.41) is 5.41. The van der Waals surface area contributed by atoms with E-state index in [1.54, 1.807) is 22.7 Å². The molecule has 0 fully saturated rings. The second kappa shape index (κ2) is 5.34. The van der Waals surface area contributed by atoms with Crippen LogP contribution in [0.5, 0.6) is 0 Å². The maximum atomic E-state index is 4.71. The van der Waals surface area contributed by atoms with Gasteiger partial charge in [0.2, 0.25) is 0 Å². The molecule has 0 amide bonds. The molecular weight excluding hydrogens is 326 g/mol. The number of halogens is 1. The molecule has 0 aliphatic carbocycles. The molecule has 1 nitrogen and oxygen atoms in total. The Bertz CT molecular complexity index is 643. The summed E-state index contributed by atoms with van der Waals surface area (Å²) in [6.45, 7) is 0. The summed E-state index contributed by atoms with van der Waals surface area (Å²) in [7, 11) is 0. The van der Waals surface area contributed by atoms with E-state index in [9.17, 15) is 0 Å². The van der Waals surface area contributed by atoms with E-state index in [1.807, 2.05) is 18.2 Å². The van der Waals surface area contributed by atoms with Crippen molar-refractivity contribution in [3.8, 4) is 11.3 Å². The van der Waals surface area contributed by atoms with Crippen LogP contribution in [0.2, 0.25) is 0 Å². The van der Waals surface area contributed by atoms with Crippen LogP contribution in [0.15, 0.2) is 51.6 Å². The zero-order valence-electron chi connectivity index (χ0n) is 9.47. The van der Waals surface area contributed by atoms with Crippen LogP contribution in [-0.2, 0) is 6.42 Å². The van der Waals surface area contributed by atoms with Gasteiger partial charge in [-0.1, -0.05) is 40.2 Å². The predicted molar refractivity (Wildman–Crippen MR) is 82.4 cm³/mol. The first kappa shape index (κ1) is 12.1. The van der Waals surface area contributed by atoms with Gasteiger partial charge in [0.1, 0.15) is 0 Å². The fourth-order valence-electron chi connectivity index (χ4n) is 1.75. The molecular formula is C14H10BrNS2. The van der Waals surface area contributed by atoms with E-state index in [0.29, 0.717) is 0 Å². The molecule has 2 aromatic heterocycles. The van der Waals surface area contributed by atoms with Gasteiger partial charge in [-0.2, -0.15) is 0 Å². The average molecular weight is 336 g/mol. The molecule has 4 heteroatoms. The van der Waals surface area contributed by atoms with Gasteiger partial charge in [-0.25, -0.2) is 4.98 Å². The summed E-state index contributed by atoms with van der Waals surface area (Å²) in [5.74, 6) is 0. The van der Waals surface area contributed by atoms with Crippen LogP contribution >= 0.6 is 38.6 Å². The third kappa shape index (κ3) is 2.55. The van der Waals surface area contributed by atoms with Gasteiger partial charge in [0.15, 0.2) is 0 Å². The lowest BCUT2D eigenvalue weighted by atomic mass is 10.2. The van der Waals surface area contributed by atoms with Gasteiger partial charge >= 0.3 is 0 Å². The molecule has 0 N–H and O–H groups in total. The van der Waals surface area contributed by atoms with Crippen molar-refractivity contribution in [3.63, 3.8) is 0 Å². The number of thiophene rings is 1. The minimum atomic E-state index is 0.937. The normalized spacial score (nSPS) is 10.7. The summed E-state index contributed by atoms with van der Waals surface area (Å²) in [6, 6.07) is 12.4. The Hall–Kier alpha value is -0.970. The van der Waals surface area contributed by atoms with Crippen LogP contribution in [0.4, 0.5) is 0 Å². The minimum absolute atomic E-state index is 0.937. The molecule has 0 saturated heterocycles. The van der Waals surface area contributed by atoms with Crippen LogP contribution in [0.25, 0.3) is 11.3 Å². The van der Waals surface area contributed by atoms with Gasteiger partial charge in [-0.15, -0.1) is 22.7 Å². The van der Waals surface area contributed by atoms with Gasteiger partial charge < -0.3 is 0 Å². The van der Waals surface area contributed by atoms with Crippen molar-refractivity contribution in [1.82, 2.24) is 4.98 Å². The van der Waals surface area contributed by atoms with Gasteiger partial charge in [-0.05, 0) is 17.5 Å². The molecule has 18 heavy (non-hydrogen) atoms. The number of rotatable bonds is 3. The minimum Gasteiger partial charge on any atom is -0.241 e. The maximum Gasteiger partial charge on any atom is 0.0984 e. The van der Waals surface area contributed by atoms with E-state index in [4.69, 9.17) is 4.98 Å². The van der Waals surface area contributed by atoms with Crippen LogP contribution in [0.3, 0.4) is 0 Å². The molecule has 0 unspecified atom stereocenters. The molecule has 3 rings (SSSR count). The molecule has 3 aromatic rings. The van der Waals surface area contributed by atoms with Crippen LogP contribution in [-0.4, -0.2) is 4.98 Å². The van der Waals surface area contributed by atoms with E-state index < -0.39 is 0 Å². The van der Waals surface area contributed by atoms with E-state index in [1.165, 1.54) is 9.88 Å². The lowest BCUT2D eigenvalue weighted by Crippen LogP contribution is -1.84. The van der Waals surface area contributed by atoms with E-state index in [2.05, 4.69) is 44.9 Å². The molecule has 0 radical (unpaired) electrons. The fraction of sp³-hybridized carbons (Fsp3) is 0.0714. The molecule has 0 aliphatic rings. The Morgan fingerprint density at radius 3 is 2.72 bits per heavy atom. The number of hydrogen-bond donors (Lipinski definition) is 0. The second-order valence-corrected chi connectivity index (χ2v) is 6.69. The monoisotopic (exact) mass is 335 g/mol. The first-order valence-electron chi connectivity index (χ1n) is 5.54. The molecule has 0 atom stereocenters. The third-order valence-electron chi connectivity index (χ3n) is 2.61. The number of aromatic nitrogens is 1. The highest BCUT2D eigenvalue weighted by Gasteiger charge is 2.08. The zero-order valence-corrected chi connectivity index (χ0v) is 12.7. The van der Waals surface area contributed by atoms with Crippen molar-refractivity contribution >= 4 is 38.6 Å². The van der Waals surface area contributed by atoms with Gasteiger partial charge in [-0.3, -0.25) is 0 Å². The lowest BCUT2D eigenvalue weighted by Gasteiger charge is -1.99. The molecule has 1 aromatic carbocycles. The highest BCUT2D eigenvalue weighted by molar-refractivity contribution is 9.10. The van der Waals surface area contributed by atoms with Crippen molar-refractivity contribution < 1.29 is 0 Å². The Kier molecular flexibility index (Phi) is 3.59. The number of thiazole rings is 1. The molecule has 0 spiro atoms. The van der Waals surface area contributed by atoms with Gasteiger partial charge in [0.25, 0.3) is 0 Å². The highest BCUT2D eigenvalue weighted by Crippen LogP contribution is 2.29. The van der Waals surface area contributed by atoms with Crippen LogP contribution in [0, 0.1) is 0 Å². The molecule has 90 valence electrons. The summed E-state index contributed by atoms with van der Waals surface area (Å²) in [5.41, 5.74) is 2.21. The number of hydrogen-bond acceptors (Lipinski definition) is 3. The topological polar surface area (TPSA) is 12.9 Å². The Morgan fingerprint density at radius 2 is 1.94 bits per heavy atom. The van der Waals surface area contributed by atoms with Crippen molar-refractivity contribution in [1.29, 1.82) is 0 Å². The first-order valence-corrected chi connectivity index (χ1v) is 8.10. The molecule has 0 saturated carbocycles. The lowest BCUT2D eigenvalue weighted by molar-refractivity contribution is 1.17. The van der Waals surface area contributed by atoms with Crippen molar-refractivity contribution in [2.75, 3.05) is 0 Å². The highest BCUT2D eigenvalue weighted by atomic mass is 79.9. The SMILES string of the molecule is Brc1ccccc1-c1csc(Cc2cccs2)n1. The van der Waals surface area contributed by atoms with Crippen LogP contribution in [0.1, 0.15) is 9.88 Å². The standard InChI is InChI=1S/C14H10BrNS2/c15-12-6-2-1-5-11(12)13-9-18-14(16-13)8-10-4-3-7-17-10/h1-7,9H,8H2. The second-order valence-electron chi connectivity index (χ2n) is 3.86. The Morgan fingerprint density at radius 1 is 1.06 bits per heavy atom. The summed E-state index contributed by atoms with van der Waals surface area (Å²) in [6.07, 6.45) is 0.937. The Balaban J connectivity index is 1.88. The molecule has 0 bridgehead atoms. The zero-order chi connectivity index (χ0) is 12.4. The van der Waals surface area contributed by atoms with E-state index in [-0.39, 0.29) is 0 Å². The van der Waals surface area contributed by atoms with E-state index in [0.717, 1.165) is 22.2 Å². The fourth-order valence-corrected chi connectivity index (χ4v) is 3.85. The first-order chi connectivity index (χ1) is 8.83. The summed E-state index contributed by atoms with van der Waals surface area (Å²) in [4.78, 5) is 6.08. The summed E-state index contributed by atoms with van der Waals surface area (Å²) >= 11 is 7.08. The predicted octanol–water partition coefficient (Wildman–Crippen LogP) is 5.22. The average Bonchev–Trinajstić information content (AvgIpc) is 3.02. The summed E-state index contributed by atoms with van der Waals surface area (Å²) < 4.78 is 1.10. The number of nitrogens with zero attached hydrogens (tertiary/aromatic N) is 1. The van der Waals surface area contributed by atoms with Crippen LogP contribution < -0.4 is 0 Å². The number of benzene rings is 1.